The molecular weight excluding hydrogens is 354 g/mol. The molecule has 0 heterocycles. The Bertz CT molecular complexity index is 951. The second-order valence-corrected chi connectivity index (χ2v) is 7.27. The fraction of sp³-hybridized carbons (Fsp3) is 0.304. The molecule has 2 aliphatic rings. The number of ether oxygens (including phenoxy) is 1. The molecule has 1 atom stereocenters. The fourth-order valence-corrected chi connectivity index (χ4v) is 4.06. The normalized spacial score (nSPS) is 16.8. The molecule has 0 unspecified atom stereocenters. The van der Waals surface area contributed by atoms with Crippen molar-refractivity contribution in [3.05, 3.63) is 59.7 Å². The summed E-state index contributed by atoms with van der Waals surface area (Å²) in [5, 5.41) is 12.0. The predicted molar refractivity (Wildman–Crippen MR) is 105 cm³/mol. The highest BCUT2D eigenvalue weighted by molar-refractivity contribution is 5.82. The lowest BCUT2D eigenvalue weighted by molar-refractivity contribution is -0.140. The Hall–Kier alpha value is -3.26. The number of alkyl carbamates (subject to hydrolysis) is 1. The van der Waals surface area contributed by atoms with E-state index in [4.69, 9.17) is 4.74 Å². The van der Waals surface area contributed by atoms with Crippen LogP contribution in [0, 0.1) is 17.3 Å². The van der Waals surface area contributed by atoms with Gasteiger partial charge in [-0.2, -0.15) is 0 Å². The summed E-state index contributed by atoms with van der Waals surface area (Å²) in [6.45, 7) is 1.82. The maximum atomic E-state index is 12.4. The highest BCUT2D eigenvalue weighted by atomic mass is 16.5. The first kappa shape index (κ1) is 18.1. The Balaban J connectivity index is 1.48. The van der Waals surface area contributed by atoms with Gasteiger partial charge in [-0.1, -0.05) is 54.5 Å². The predicted octanol–water partition coefficient (Wildman–Crippen LogP) is 3.78. The number of benzene rings is 2. The number of carboxylic acids is 1. The number of amides is 1. The number of hydrogen-bond donors (Lipinski definition) is 2. The Morgan fingerprint density at radius 1 is 1.14 bits per heavy atom. The van der Waals surface area contributed by atoms with Crippen molar-refractivity contribution in [2.24, 2.45) is 5.41 Å². The molecule has 1 saturated carbocycles. The SMILES string of the molecule is CC#CC1([C@H](NC(=O)OCC2c3ccccc3-c3ccccc32)C(=O)O)CC1. The van der Waals surface area contributed by atoms with Gasteiger partial charge < -0.3 is 15.2 Å². The fourth-order valence-electron chi connectivity index (χ4n) is 4.06. The van der Waals surface area contributed by atoms with Gasteiger partial charge in [0.25, 0.3) is 0 Å². The topological polar surface area (TPSA) is 75.6 Å². The zero-order chi connectivity index (χ0) is 19.7. The van der Waals surface area contributed by atoms with E-state index in [1.54, 1.807) is 6.92 Å². The van der Waals surface area contributed by atoms with Gasteiger partial charge in [-0.25, -0.2) is 9.59 Å². The monoisotopic (exact) mass is 375 g/mol. The number of carbonyl (C=O) groups is 2. The van der Waals surface area contributed by atoms with Gasteiger partial charge in [0.1, 0.15) is 12.6 Å². The van der Waals surface area contributed by atoms with Crippen LogP contribution in [0.1, 0.15) is 36.8 Å². The number of hydrogen-bond acceptors (Lipinski definition) is 3. The third kappa shape index (κ3) is 3.11. The molecule has 2 aliphatic carbocycles. The number of rotatable bonds is 5. The zero-order valence-electron chi connectivity index (χ0n) is 15.6. The molecule has 5 nitrogen and oxygen atoms in total. The third-order valence-corrected chi connectivity index (χ3v) is 5.57. The molecule has 0 spiro atoms. The van der Waals surface area contributed by atoms with E-state index in [0.29, 0.717) is 12.8 Å². The van der Waals surface area contributed by atoms with Gasteiger partial charge in [0, 0.05) is 5.92 Å². The van der Waals surface area contributed by atoms with E-state index >= 15 is 0 Å². The van der Waals surface area contributed by atoms with Crippen LogP contribution in [-0.4, -0.2) is 29.8 Å². The largest absolute Gasteiger partial charge is 0.480 e. The van der Waals surface area contributed by atoms with Crippen molar-refractivity contribution in [1.29, 1.82) is 0 Å². The average molecular weight is 375 g/mol. The number of nitrogens with one attached hydrogen (secondary N) is 1. The molecule has 142 valence electrons. The number of carbonyl (C=O) groups excluding carboxylic acids is 1. The Labute approximate surface area is 163 Å². The van der Waals surface area contributed by atoms with Crippen LogP contribution in [0.3, 0.4) is 0 Å². The standard InChI is InChI=1S/C23H21NO4/c1-2-11-23(12-13-23)20(21(25)26)24-22(27)28-14-19-17-9-5-3-7-15(17)16-8-4-6-10-18(16)19/h3-10,19-20H,12-14H2,1H3,(H,24,27)(H,25,26)/t20-/m1/s1. The first-order valence-corrected chi connectivity index (χ1v) is 9.34. The summed E-state index contributed by atoms with van der Waals surface area (Å²) in [6.07, 6.45) is 0.599. The summed E-state index contributed by atoms with van der Waals surface area (Å²) in [5.74, 6) is 4.56. The second kappa shape index (κ2) is 7.05. The molecule has 0 radical (unpaired) electrons. The Morgan fingerprint density at radius 3 is 2.21 bits per heavy atom. The van der Waals surface area contributed by atoms with Crippen molar-refractivity contribution < 1.29 is 19.4 Å². The summed E-state index contributed by atoms with van der Waals surface area (Å²) in [4.78, 5) is 24.0. The molecule has 28 heavy (non-hydrogen) atoms. The molecule has 0 bridgehead atoms. The number of fused-ring (bicyclic) bond motifs is 3. The summed E-state index contributed by atoms with van der Waals surface area (Å²) in [7, 11) is 0. The average Bonchev–Trinajstić information content (AvgIpc) is 3.40. The van der Waals surface area contributed by atoms with Gasteiger partial charge in [-0.3, -0.25) is 0 Å². The minimum Gasteiger partial charge on any atom is -0.480 e. The van der Waals surface area contributed by atoms with E-state index in [1.165, 1.54) is 0 Å². The van der Waals surface area contributed by atoms with E-state index in [9.17, 15) is 14.7 Å². The van der Waals surface area contributed by atoms with Crippen LogP contribution < -0.4 is 5.32 Å². The molecular formula is C23H21NO4. The Morgan fingerprint density at radius 2 is 1.71 bits per heavy atom. The van der Waals surface area contributed by atoms with Gasteiger partial charge in [0.15, 0.2) is 0 Å². The van der Waals surface area contributed by atoms with Crippen LogP contribution >= 0.6 is 0 Å². The summed E-state index contributed by atoms with van der Waals surface area (Å²) in [6, 6.07) is 15.1. The van der Waals surface area contributed by atoms with Gasteiger partial charge >= 0.3 is 12.1 Å². The van der Waals surface area contributed by atoms with E-state index in [0.717, 1.165) is 22.3 Å². The van der Waals surface area contributed by atoms with E-state index in [-0.39, 0.29) is 12.5 Å². The van der Waals surface area contributed by atoms with Crippen molar-refractivity contribution in [3.8, 4) is 23.0 Å². The van der Waals surface area contributed by atoms with E-state index in [2.05, 4.69) is 29.3 Å². The van der Waals surface area contributed by atoms with E-state index < -0.39 is 23.5 Å². The molecule has 1 fully saturated rings. The molecule has 5 heteroatoms. The zero-order valence-corrected chi connectivity index (χ0v) is 15.6. The van der Waals surface area contributed by atoms with Gasteiger partial charge in [0.2, 0.25) is 0 Å². The van der Waals surface area contributed by atoms with Gasteiger partial charge in [0.05, 0.1) is 5.41 Å². The molecule has 2 aromatic carbocycles. The molecule has 2 N–H and O–H groups in total. The van der Waals surface area contributed by atoms with Crippen LogP contribution in [0.5, 0.6) is 0 Å². The minimum atomic E-state index is -1.09. The van der Waals surface area contributed by atoms with Crippen LogP contribution in [0.25, 0.3) is 11.1 Å². The van der Waals surface area contributed by atoms with Crippen molar-refractivity contribution in [3.63, 3.8) is 0 Å². The maximum absolute atomic E-state index is 12.4. The van der Waals surface area contributed by atoms with Crippen molar-refractivity contribution in [2.45, 2.75) is 31.7 Å². The molecule has 0 aromatic heterocycles. The lowest BCUT2D eigenvalue weighted by Crippen LogP contribution is -2.47. The summed E-state index contributed by atoms with van der Waals surface area (Å²) in [5.41, 5.74) is 3.84. The first-order valence-electron chi connectivity index (χ1n) is 9.34. The second-order valence-electron chi connectivity index (χ2n) is 7.27. The maximum Gasteiger partial charge on any atom is 0.407 e. The van der Waals surface area contributed by atoms with Crippen LogP contribution in [0.4, 0.5) is 4.79 Å². The minimum absolute atomic E-state index is 0.0632. The lowest BCUT2D eigenvalue weighted by Gasteiger charge is -2.21. The number of carboxylic acid groups (broad SMARTS) is 1. The molecule has 4 rings (SSSR count). The number of aliphatic carboxylic acids is 1. The van der Waals surface area contributed by atoms with Crippen LogP contribution in [0.15, 0.2) is 48.5 Å². The van der Waals surface area contributed by atoms with Gasteiger partial charge in [-0.05, 0) is 42.0 Å². The lowest BCUT2D eigenvalue weighted by atomic mass is 9.97. The van der Waals surface area contributed by atoms with E-state index in [1.807, 2.05) is 36.4 Å². The van der Waals surface area contributed by atoms with Crippen LogP contribution in [0.2, 0.25) is 0 Å². The Kier molecular flexibility index (Phi) is 4.56. The highest BCUT2D eigenvalue weighted by Gasteiger charge is 2.53. The summed E-state index contributed by atoms with van der Waals surface area (Å²) < 4.78 is 5.46. The van der Waals surface area contributed by atoms with Gasteiger partial charge in [-0.15, -0.1) is 5.92 Å². The highest BCUT2D eigenvalue weighted by Crippen LogP contribution is 2.48. The smallest absolute Gasteiger partial charge is 0.407 e. The van der Waals surface area contributed by atoms with Crippen molar-refractivity contribution >= 4 is 12.1 Å². The van der Waals surface area contributed by atoms with Crippen LogP contribution in [-0.2, 0) is 9.53 Å². The first-order chi connectivity index (χ1) is 13.6. The molecule has 1 amide bonds. The molecule has 2 aromatic rings. The summed E-state index contributed by atoms with van der Waals surface area (Å²) >= 11 is 0. The molecule has 0 aliphatic heterocycles. The quantitative estimate of drug-likeness (QED) is 0.780. The van der Waals surface area contributed by atoms with Crippen molar-refractivity contribution in [1.82, 2.24) is 5.32 Å². The third-order valence-electron chi connectivity index (χ3n) is 5.57. The molecule has 0 saturated heterocycles. The van der Waals surface area contributed by atoms with Crippen molar-refractivity contribution in [2.75, 3.05) is 6.61 Å².